The van der Waals surface area contributed by atoms with Crippen LogP contribution < -0.4 is 0 Å². The molecule has 100 valence electrons. The lowest BCUT2D eigenvalue weighted by atomic mass is 10.1. The Balaban J connectivity index is 4.40. The van der Waals surface area contributed by atoms with E-state index in [-0.39, 0.29) is 0 Å². The molecule has 0 rings (SSSR count). The third-order valence-electron chi connectivity index (χ3n) is 2.33. The van der Waals surface area contributed by atoms with Crippen molar-refractivity contribution in [1.82, 2.24) is 0 Å². The SMILES string of the molecule is CCCCO/C(OC(=S)SC)=C(/C)CCCC. The van der Waals surface area contributed by atoms with Gasteiger partial charge in [-0.15, -0.1) is 0 Å². The van der Waals surface area contributed by atoms with E-state index in [1.807, 2.05) is 6.26 Å². The van der Waals surface area contributed by atoms with E-state index in [2.05, 4.69) is 20.8 Å². The number of hydrogen-bond donors (Lipinski definition) is 0. The number of thiocarbonyl (C=S) groups is 1. The maximum atomic E-state index is 5.67. The Bertz CT molecular complexity index is 250. The predicted molar refractivity (Wildman–Crippen MR) is 80.3 cm³/mol. The molecule has 17 heavy (non-hydrogen) atoms. The minimum absolute atomic E-state index is 0.521. The molecule has 0 amide bonds. The van der Waals surface area contributed by atoms with Gasteiger partial charge in [0.2, 0.25) is 4.38 Å². The highest BCUT2D eigenvalue weighted by Crippen LogP contribution is 2.17. The van der Waals surface area contributed by atoms with Gasteiger partial charge in [-0.05, 0) is 44.7 Å². The van der Waals surface area contributed by atoms with Crippen molar-refractivity contribution in [3.63, 3.8) is 0 Å². The van der Waals surface area contributed by atoms with Gasteiger partial charge in [0.1, 0.15) is 0 Å². The quantitative estimate of drug-likeness (QED) is 0.357. The molecule has 0 aromatic heterocycles. The summed E-state index contributed by atoms with van der Waals surface area (Å²) in [6, 6.07) is 0. The summed E-state index contributed by atoms with van der Waals surface area (Å²) in [4.78, 5) is 0. The van der Waals surface area contributed by atoms with E-state index < -0.39 is 0 Å². The molecule has 0 heterocycles. The van der Waals surface area contributed by atoms with Crippen molar-refractivity contribution in [3.8, 4) is 0 Å². The minimum atomic E-state index is 0.521. The predicted octanol–water partition coefficient (Wildman–Crippen LogP) is 4.89. The van der Waals surface area contributed by atoms with Crippen LogP contribution in [0.3, 0.4) is 0 Å². The number of ether oxygens (including phenoxy) is 2. The first-order valence-corrected chi connectivity index (χ1v) is 7.87. The van der Waals surface area contributed by atoms with E-state index >= 15 is 0 Å². The molecular formula is C13H24O2S2. The summed E-state index contributed by atoms with van der Waals surface area (Å²) < 4.78 is 11.7. The first kappa shape index (κ1) is 16.8. The highest BCUT2D eigenvalue weighted by atomic mass is 32.2. The second kappa shape index (κ2) is 10.9. The fourth-order valence-corrected chi connectivity index (χ4v) is 1.45. The van der Waals surface area contributed by atoms with Crippen LogP contribution in [0.15, 0.2) is 11.5 Å². The lowest BCUT2D eigenvalue weighted by molar-refractivity contribution is 0.0974. The smallest absolute Gasteiger partial charge is 0.284 e. The average Bonchev–Trinajstić information content (AvgIpc) is 2.34. The van der Waals surface area contributed by atoms with Crippen molar-refractivity contribution in [1.29, 1.82) is 0 Å². The van der Waals surface area contributed by atoms with Crippen LogP contribution >= 0.6 is 24.0 Å². The normalized spacial score (nSPS) is 12.0. The first-order valence-electron chi connectivity index (χ1n) is 6.24. The van der Waals surface area contributed by atoms with Crippen LogP contribution in [-0.4, -0.2) is 17.2 Å². The molecular weight excluding hydrogens is 252 g/mol. The lowest BCUT2D eigenvalue weighted by Crippen LogP contribution is -2.05. The minimum Gasteiger partial charge on any atom is -0.465 e. The van der Waals surface area contributed by atoms with Gasteiger partial charge in [0.05, 0.1) is 6.61 Å². The third kappa shape index (κ3) is 8.50. The van der Waals surface area contributed by atoms with E-state index in [0.29, 0.717) is 16.9 Å². The van der Waals surface area contributed by atoms with E-state index in [1.165, 1.54) is 18.2 Å². The number of hydrogen-bond acceptors (Lipinski definition) is 4. The fourth-order valence-electron chi connectivity index (χ4n) is 1.21. The second-order valence-electron chi connectivity index (χ2n) is 3.93. The summed E-state index contributed by atoms with van der Waals surface area (Å²) in [6.07, 6.45) is 7.41. The highest BCUT2D eigenvalue weighted by Gasteiger charge is 2.08. The van der Waals surface area contributed by atoms with Crippen molar-refractivity contribution < 1.29 is 9.47 Å². The molecule has 0 N–H and O–H groups in total. The van der Waals surface area contributed by atoms with E-state index in [9.17, 15) is 0 Å². The topological polar surface area (TPSA) is 18.5 Å². The molecule has 0 unspecified atom stereocenters. The number of unbranched alkanes of at least 4 members (excludes halogenated alkanes) is 2. The van der Waals surface area contributed by atoms with Crippen LogP contribution in [0.4, 0.5) is 0 Å². The van der Waals surface area contributed by atoms with Crippen LogP contribution in [-0.2, 0) is 9.47 Å². The number of allylic oxidation sites excluding steroid dienone is 1. The van der Waals surface area contributed by atoms with E-state index in [0.717, 1.165) is 31.3 Å². The molecule has 4 heteroatoms. The summed E-state index contributed by atoms with van der Waals surface area (Å²) in [7, 11) is 0. The molecule has 2 nitrogen and oxygen atoms in total. The Morgan fingerprint density at radius 1 is 1.18 bits per heavy atom. The maximum absolute atomic E-state index is 5.67. The zero-order chi connectivity index (χ0) is 13.1. The van der Waals surface area contributed by atoms with Gasteiger partial charge in [-0.3, -0.25) is 0 Å². The molecule has 0 aromatic rings. The summed E-state index contributed by atoms with van der Waals surface area (Å²) in [5.74, 6) is 0.617. The summed E-state index contributed by atoms with van der Waals surface area (Å²) in [6.45, 7) is 7.08. The van der Waals surface area contributed by atoms with Crippen molar-refractivity contribution in [2.24, 2.45) is 0 Å². The molecule has 0 aromatic carbocycles. The summed E-state index contributed by atoms with van der Waals surface area (Å²) in [5.41, 5.74) is 1.15. The number of rotatable bonds is 8. The molecule has 0 fully saturated rings. The second-order valence-corrected chi connectivity index (χ2v) is 5.34. The van der Waals surface area contributed by atoms with Gasteiger partial charge in [-0.25, -0.2) is 0 Å². The fraction of sp³-hybridized carbons (Fsp3) is 0.769. The maximum Gasteiger partial charge on any atom is 0.284 e. The van der Waals surface area contributed by atoms with Crippen LogP contribution in [0.5, 0.6) is 0 Å². The molecule has 0 bridgehead atoms. The summed E-state index contributed by atoms with van der Waals surface area (Å²) >= 11 is 6.50. The van der Waals surface area contributed by atoms with Gasteiger partial charge in [-0.1, -0.05) is 38.5 Å². The van der Waals surface area contributed by atoms with Crippen molar-refractivity contribution in [2.75, 3.05) is 12.9 Å². The molecule has 0 saturated carbocycles. The molecule has 0 aliphatic carbocycles. The average molecular weight is 276 g/mol. The van der Waals surface area contributed by atoms with Gasteiger partial charge in [0.25, 0.3) is 5.95 Å². The molecule has 0 atom stereocenters. The number of thioether (sulfide) groups is 1. The zero-order valence-electron chi connectivity index (χ0n) is 11.4. The van der Waals surface area contributed by atoms with Crippen LogP contribution in [0.25, 0.3) is 0 Å². The van der Waals surface area contributed by atoms with Gasteiger partial charge in [0.15, 0.2) is 0 Å². The Morgan fingerprint density at radius 3 is 2.35 bits per heavy atom. The lowest BCUT2D eigenvalue weighted by Gasteiger charge is -2.14. The molecule has 0 aliphatic rings. The van der Waals surface area contributed by atoms with Crippen molar-refractivity contribution in [2.45, 2.75) is 52.9 Å². The van der Waals surface area contributed by atoms with Crippen molar-refractivity contribution >= 4 is 28.4 Å². The standard InChI is InChI=1S/C13H24O2S2/c1-5-7-9-11(3)12(14-10-8-6-2)15-13(16)17-4/h5-10H2,1-4H3/b12-11+. The molecule has 0 aliphatic heterocycles. The van der Waals surface area contributed by atoms with Gasteiger partial charge in [-0.2, -0.15) is 0 Å². The van der Waals surface area contributed by atoms with Crippen LogP contribution in [0.2, 0.25) is 0 Å². The molecule has 0 spiro atoms. The molecule has 0 saturated heterocycles. The Hall–Kier alpha value is -0.220. The zero-order valence-corrected chi connectivity index (χ0v) is 13.0. The van der Waals surface area contributed by atoms with Gasteiger partial charge < -0.3 is 9.47 Å². The monoisotopic (exact) mass is 276 g/mol. The van der Waals surface area contributed by atoms with Gasteiger partial charge in [0, 0.05) is 5.57 Å². The van der Waals surface area contributed by atoms with Crippen LogP contribution in [0.1, 0.15) is 52.9 Å². The first-order chi connectivity index (χ1) is 8.15. The Kier molecular flexibility index (Phi) is 10.8. The Morgan fingerprint density at radius 2 is 1.82 bits per heavy atom. The third-order valence-corrected chi connectivity index (χ3v) is 3.33. The van der Waals surface area contributed by atoms with Crippen LogP contribution in [0, 0.1) is 0 Å². The van der Waals surface area contributed by atoms with Crippen molar-refractivity contribution in [3.05, 3.63) is 11.5 Å². The Labute approximate surface area is 115 Å². The van der Waals surface area contributed by atoms with E-state index in [1.54, 1.807) is 0 Å². The largest absolute Gasteiger partial charge is 0.465 e. The van der Waals surface area contributed by atoms with E-state index in [4.69, 9.17) is 21.7 Å². The van der Waals surface area contributed by atoms with Gasteiger partial charge >= 0.3 is 0 Å². The summed E-state index contributed by atoms with van der Waals surface area (Å²) in [5, 5.41) is 0. The molecule has 0 radical (unpaired) electrons. The highest BCUT2D eigenvalue weighted by molar-refractivity contribution is 8.22.